The molecule has 0 saturated heterocycles. The van der Waals surface area contributed by atoms with Gasteiger partial charge in [-0.3, -0.25) is 0 Å². The topological polar surface area (TPSA) is 44.6 Å². The number of phenols is 1. The molecule has 0 spiro atoms. The molecule has 2 N–H and O–H groups in total. The van der Waals surface area contributed by atoms with Crippen molar-refractivity contribution in [2.75, 3.05) is 0 Å². The van der Waals surface area contributed by atoms with Crippen molar-refractivity contribution >= 4 is 21.6 Å². The van der Waals surface area contributed by atoms with Crippen molar-refractivity contribution in [1.29, 1.82) is 0 Å². The van der Waals surface area contributed by atoms with Gasteiger partial charge < -0.3 is 10.5 Å². The van der Waals surface area contributed by atoms with Gasteiger partial charge in [0.05, 0.1) is 11.8 Å². The monoisotopic (exact) mass is 330 g/mol. The molecule has 0 unspecified atom stereocenters. The highest BCUT2D eigenvalue weighted by Gasteiger charge is 2.22. The number of aromatic hydroxyl groups is 1. The molecular weight excluding hydrogens is 316 g/mol. The molecule has 1 atom stereocenters. The molecule has 1 heterocycles. The van der Waals surface area contributed by atoms with Gasteiger partial charge in [0, 0.05) is 16.5 Å². The molecule has 0 aromatic heterocycles. The maximum atomic E-state index is 9.96. The van der Waals surface area contributed by atoms with Crippen LogP contribution in [0.5, 0.6) is 5.75 Å². The smallest absolute Gasteiger partial charge is 0.124 e. The summed E-state index contributed by atoms with van der Waals surface area (Å²) in [4.78, 5) is 0. The second-order valence-electron chi connectivity index (χ2n) is 5.02. The zero-order valence-corrected chi connectivity index (χ0v) is 12.7. The van der Waals surface area contributed by atoms with E-state index in [0.717, 1.165) is 22.2 Å². The summed E-state index contributed by atoms with van der Waals surface area (Å²) in [5, 5.41) is 14.3. The Morgan fingerprint density at radius 3 is 2.70 bits per heavy atom. The van der Waals surface area contributed by atoms with Crippen LogP contribution in [0.15, 0.2) is 52.0 Å². The SMILES string of the molecule is Cc1ccc([C@H]2CC(c3cc(Br)ccc3O)=NN2)cc1. The highest BCUT2D eigenvalue weighted by Crippen LogP contribution is 2.29. The van der Waals surface area contributed by atoms with E-state index in [4.69, 9.17) is 0 Å². The lowest BCUT2D eigenvalue weighted by Crippen LogP contribution is -2.09. The molecule has 0 amide bonds. The Morgan fingerprint density at radius 2 is 1.95 bits per heavy atom. The van der Waals surface area contributed by atoms with E-state index < -0.39 is 0 Å². The lowest BCUT2D eigenvalue weighted by Gasteiger charge is -2.10. The summed E-state index contributed by atoms with van der Waals surface area (Å²) in [6, 6.07) is 14.0. The van der Waals surface area contributed by atoms with Crippen molar-refractivity contribution in [2.24, 2.45) is 5.10 Å². The predicted molar refractivity (Wildman–Crippen MR) is 84.0 cm³/mol. The number of nitrogens with zero attached hydrogens (tertiary/aromatic N) is 1. The van der Waals surface area contributed by atoms with E-state index in [1.165, 1.54) is 11.1 Å². The summed E-state index contributed by atoms with van der Waals surface area (Å²) in [5.74, 6) is 0.262. The third-order valence-corrected chi connectivity index (χ3v) is 4.00. The number of hydrogen-bond donors (Lipinski definition) is 2. The molecule has 0 radical (unpaired) electrons. The Balaban J connectivity index is 1.82. The summed E-state index contributed by atoms with van der Waals surface area (Å²) in [6.45, 7) is 2.08. The largest absolute Gasteiger partial charge is 0.507 e. The molecule has 2 aromatic carbocycles. The molecule has 0 bridgehead atoms. The van der Waals surface area contributed by atoms with Crippen LogP contribution in [0.3, 0.4) is 0 Å². The number of hydrazone groups is 1. The van der Waals surface area contributed by atoms with Crippen LogP contribution in [0.1, 0.15) is 29.2 Å². The summed E-state index contributed by atoms with van der Waals surface area (Å²) >= 11 is 3.42. The molecule has 20 heavy (non-hydrogen) atoms. The van der Waals surface area contributed by atoms with Gasteiger partial charge in [-0.05, 0) is 30.7 Å². The summed E-state index contributed by atoms with van der Waals surface area (Å²) in [6.07, 6.45) is 0.771. The first-order valence-corrected chi connectivity index (χ1v) is 7.30. The van der Waals surface area contributed by atoms with Gasteiger partial charge in [0.15, 0.2) is 0 Å². The van der Waals surface area contributed by atoms with Crippen LogP contribution in [0.2, 0.25) is 0 Å². The number of hydrogen-bond acceptors (Lipinski definition) is 3. The maximum Gasteiger partial charge on any atom is 0.124 e. The van der Waals surface area contributed by atoms with Crippen LogP contribution in [-0.4, -0.2) is 10.8 Å². The number of phenolic OH excluding ortho intramolecular Hbond substituents is 1. The normalized spacial score (nSPS) is 17.7. The van der Waals surface area contributed by atoms with E-state index in [-0.39, 0.29) is 11.8 Å². The van der Waals surface area contributed by atoms with Crippen molar-refractivity contribution in [1.82, 2.24) is 5.43 Å². The van der Waals surface area contributed by atoms with Gasteiger partial charge in [0.25, 0.3) is 0 Å². The average molecular weight is 331 g/mol. The quantitative estimate of drug-likeness (QED) is 0.877. The number of benzene rings is 2. The highest BCUT2D eigenvalue weighted by atomic mass is 79.9. The van der Waals surface area contributed by atoms with Gasteiger partial charge in [0.1, 0.15) is 5.75 Å². The summed E-state index contributed by atoms with van der Waals surface area (Å²) < 4.78 is 0.937. The molecule has 3 rings (SSSR count). The molecular formula is C16H15BrN2O. The van der Waals surface area contributed by atoms with Crippen molar-refractivity contribution in [3.05, 3.63) is 63.6 Å². The molecule has 0 fully saturated rings. The van der Waals surface area contributed by atoms with E-state index in [1.807, 2.05) is 12.1 Å². The number of aryl methyl sites for hydroxylation is 1. The van der Waals surface area contributed by atoms with Crippen molar-refractivity contribution < 1.29 is 5.11 Å². The van der Waals surface area contributed by atoms with Gasteiger partial charge in [-0.15, -0.1) is 0 Å². The first-order chi connectivity index (χ1) is 9.63. The fourth-order valence-corrected chi connectivity index (χ4v) is 2.70. The van der Waals surface area contributed by atoms with Gasteiger partial charge in [-0.2, -0.15) is 5.10 Å². The number of nitrogens with one attached hydrogen (secondary N) is 1. The maximum absolute atomic E-state index is 9.96. The third-order valence-electron chi connectivity index (χ3n) is 3.50. The van der Waals surface area contributed by atoms with Gasteiger partial charge in [-0.1, -0.05) is 45.8 Å². The highest BCUT2D eigenvalue weighted by molar-refractivity contribution is 9.10. The molecule has 2 aromatic rings. The fraction of sp³-hybridized carbons (Fsp3) is 0.188. The zero-order chi connectivity index (χ0) is 14.1. The minimum Gasteiger partial charge on any atom is -0.507 e. The van der Waals surface area contributed by atoms with Gasteiger partial charge in [0.2, 0.25) is 0 Å². The number of rotatable bonds is 2. The minimum absolute atomic E-state index is 0.170. The van der Waals surface area contributed by atoms with Gasteiger partial charge in [-0.25, -0.2) is 0 Å². The Bertz CT molecular complexity index is 665. The first-order valence-electron chi connectivity index (χ1n) is 6.51. The summed E-state index contributed by atoms with van der Waals surface area (Å²) in [7, 11) is 0. The molecule has 102 valence electrons. The molecule has 0 aliphatic carbocycles. The molecule has 3 nitrogen and oxygen atoms in total. The van der Waals surface area contributed by atoms with Crippen molar-refractivity contribution in [3.8, 4) is 5.75 Å². The van der Waals surface area contributed by atoms with Crippen LogP contribution in [0, 0.1) is 6.92 Å². The van der Waals surface area contributed by atoms with Gasteiger partial charge >= 0.3 is 0 Å². The minimum atomic E-state index is 0.170. The molecule has 0 saturated carbocycles. The fourth-order valence-electron chi connectivity index (χ4n) is 2.34. The lowest BCUT2D eigenvalue weighted by molar-refractivity contribution is 0.474. The van der Waals surface area contributed by atoms with E-state index >= 15 is 0 Å². The molecule has 1 aliphatic heterocycles. The van der Waals surface area contributed by atoms with E-state index in [0.29, 0.717) is 0 Å². The average Bonchev–Trinajstić information content (AvgIpc) is 2.92. The van der Waals surface area contributed by atoms with Crippen LogP contribution < -0.4 is 5.43 Å². The standard InChI is InChI=1S/C16H15BrN2O/c1-10-2-4-11(5-3-10)14-9-15(19-18-14)13-8-12(17)6-7-16(13)20/h2-8,14,18,20H,9H2,1H3/t14-/m1/s1. The van der Waals surface area contributed by atoms with E-state index in [1.54, 1.807) is 6.07 Å². The Labute approximate surface area is 126 Å². The van der Waals surface area contributed by atoms with E-state index in [2.05, 4.69) is 57.6 Å². The lowest BCUT2D eigenvalue weighted by atomic mass is 9.98. The second kappa shape index (κ2) is 5.29. The van der Waals surface area contributed by atoms with Crippen molar-refractivity contribution in [2.45, 2.75) is 19.4 Å². The third kappa shape index (κ3) is 2.56. The summed E-state index contributed by atoms with van der Waals surface area (Å²) in [5.41, 5.74) is 7.27. The second-order valence-corrected chi connectivity index (χ2v) is 5.93. The van der Waals surface area contributed by atoms with E-state index in [9.17, 15) is 5.11 Å². The zero-order valence-electron chi connectivity index (χ0n) is 11.1. The van der Waals surface area contributed by atoms with Crippen LogP contribution in [0.4, 0.5) is 0 Å². The Hall–Kier alpha value is -1.81. The molecule has 4 heteroatoms. The Morgan fingerprint density at radius 1 is 1.20 bits per heavy atom. The van der Waals surface area contributed by atoms with Crippen LogP contribution in [-0.2, 0) is 0 Å². The first kappa shape index (κ1) is 13.2. The van der Waals surface area contributed by atoms with Crippen molar-refractivity contribution in [3.63, 3.8) is 0 Å². The van der Waals surface area contributed by atoms with Crippen LogP contribution >= 0.6 is 15.9 Å². The predicted octanol–water partition coefficient (Wildman–Crippen LogP) is 3.90. The number of halogens is 1. The molecule has 1 aliphatic rings. The van der Waals surface area contributed by atoms with Crippen LogP contribution in [0.25, 0.3) is 0 Å². The Kier molecular flexibility index (Phi) is 3.49.